The lowest BCUT2D eigenvalue weighted by molar-refractivity contribution is -0.115. The van der Waals surface area contributed by atoms with Crippen LogP contribution in [0.2, 0.25) is 5.02 Å². The molecule has 2 aliphatic rings. The number of aromatic amines is 1. The number of aromatic nitrogens is 2. The van der Waals surface area contributed by atoms with Crippen LogP contribution in [0, 0.1) is 0 Å². The number of ether oxygens (including phenoxy) is 1. The van der Waals surface area contributed by atoms with E-state index in [1.807, 2.05) is 38.4 Å². The molecule has 12 heteroatoms. The number of likely N-dealkylation sites (tertiary alicyclic amines) is 1. The van der Waals surface area contributed by atoms with Gasteiger partial charge in [-0.3, -0.25) is 14.6 Å². The Balaban J connectivity index is 1.40. The highest BCUT2D eigenvalue weighted by molar-refractivity contribution is 6.31. The average molecular weight is 589 g/mol. The maximum atomic E-state index is 11.6. The number of carbonyl (C=O) groups is 2. The monoisotopic (exact) mass is 588 g/mol. The first kappa shape index (κ1) is 28.9. The largest absolute Gasteiger partial charge is 0.478 e. The number of H-pyrrole nitrogens is 1. The van der Waals surface area contributed by atoms with Gasteiger partial charge in [-0.1, -0.05) is 17.7 Å². The van der Waals surface area contributed by atoms with Crippen molar-refractivity contribution in [3.63, 3.8) is 0 Å². The number of benzene rings is 2. The minimum Gasteiger partial charge on any atom is -0.478 e. The summed E-state index contributed by atoms with van der Waals surface area (Å²) in [4.78, 5) is 33.5. The maximum Gasteiger partial charge on any atom is 0.164 e. The fourth-order valence-electron chi connectivity index (χ4n) is 5.14. The third kappa shape index (κ3) is 5.88. The lowest BCUT2D eigenvalue weighted by Crippen LogP contribution is -2.30. The number of allylic oxidation sites excluding steroid dienone is 4. The normalized spacial score (nSPS) is 18.9. The summed E-state index contributed by atoms with van der Waals surface area (Å²) in [5, 5.41) is 8.40. The Morgan fingerprint density at radius 2 is 2.10 bits per heavy atom. The Labute approximate surface area is 248 Å². The predicted octanol–water partition coefficient (Wildman–Crippen LogP) is 4.40. The SMILES string of the molecule is CNc1ccc(-c2cnc(C3CC/C(=C/C(=C\C=O)c4cc(Cl)ccc4N(N)/C=N\N)N3C)[nH]2)cc1OC1(C=O)CC1. The molecule has 1 aliphatic carbocycles. The van der Waals surface area contributed by atoms with E-state index in [4.69, 9.17) is 33.0 Å². The Morgan fingerprint density at radius 3 is 2.79 bits per heavy atom. The Kier molecular flexibility index (Phi) is 8.32. The molecule has 6 N–H and O–H groups in total. The number of hydrogen-bond acceptors (Lipinski definition) is 9. The van der Waals surface area contributed by atoms with Gasteiger partial charge in [0.15, 0.2) is 11.9 Å². The molecule has 5 rings (SSSR count). The van der Waals surface area contributed by atoms with Gasteiger partial charge in [0.1, 0.15) is 24.2 Å². The van der Waals surface area contributed by atoms with Crippen molar-refractivity contribution in [1.29, 1.82) is 0 Å². The van der Waals surface area contributed by atoms with E-state index >= 15 is 0 Å². The molecule has 3 aromatic rings. The van der Waals surface area contributed by atoms with Gasteiger partial charge in [-0.25, -0.2) is 10.8 Å². The summed E-state index contributed by atoms with van der Waals surface area (Å²) in [6.07, 6.45) is 11.2. The number of hydrazone groups is 1. The molecule has 1 aromatic heterocycles. The number of carbonyl (C=O) groups excluding carboxylic acids is 2. The molecule has 0 spiro atoms. The number of nitrogens with zero attached hydrogens (tertiary/aromatic N) is 4. The van der Waals surface area contributed by atoms with Crippen LogP contribution in [0.15, 0.2) is 65.5 Å². The van der Waals surface area contributed by atoms with Crippen molar-refractivity contribution in [2.24, 2.45) is 16.8 Å². The minimum atomic E-state index is -0.720. The Hall–Kier alpha value is -4.61. The van der Waals surface area contributed by atoms with Crippen molar-refractivity contribution < 1.29 is 14.3 Å². The van der Waals surface area contributed by atoms with Crippen LogP contribution in [0.1, 0.15) is 43.1 Å². The van der Waals surface area contributed by atoms with Gasteiger partial charge in [-0.15, -0.1) is 0 Å². The van der Waals surface area contributed by atoms with Crippen LogP contribution in [0.4, 0.5) is 11.4 Å². The first-order valence-corrected chi connectivity index (χ1v) is 13.9. The van der Waals surface area contributed by atoms with Crippen LogP contribution >= 0.6 is 11.6 Å². The van der Waals surface area contributed by atoms with E-state index < -0.39 is 5.60 Å². The number of hydrazine groups is 1. The van der Waals surface area contributed by atoms with Gasteiger partial charge >= 0.3 is 0 Å². The zero-order chi connectivity index (χ0) is 29.9. The molecule has 1 aliphatic heterocycles. The van der Waals surface area contributed by atoms with Crippen molar-refractivity contribution in [3.8, 4) is 17.0 Å². The molecule has 1 saturated heterocycles. The fourth-order valence-corrected chi connectivity index (χ4v) is 5.31. The summed E-state index contributed by atoms with van der Waals surface area (Å²) in [7, 11) is 3.82. The fraction of sp³-hybridized carbons (Fsp3) is 0.267. The van der Waals surface area contributed by atoms with Gasteiger partial charge in [-0.05, 0) is 73.7 Å². The van der Waals surface area contributed by atoms with Crippen molar-refractivity contribution in [1.82, 2.24) is 14.9 Å². The highest BCUT2D eigenvalue weighted by Gasteiger charge is 2.46. The van der Waals surface area contributed by atoms with Crippen LogP contribution < -0.4 is 26.7 Å². The summed E-state index contributed by atoms with van der Waals surface area (Å²) < 4.78 is 6.08. The van der Waals surface area contributed by atoms with Gasteiger partial charge < -0.3 is 25.8 Å². The molecule has 1 unspecified atom stereocenters. The van der Waals surface area contributed by atoms with E-state index in [-0.39, 0.29) is 6.04 Å². The minimum absolute atomic E-state index is 0.00575. The summed E-state index contributed by atoms with van der Waals surface area (Å²) in [5.41, 5.74) is 4.74. The van der Waals surface area contributed by atoms with E-state index in [9.17, 15) is 9.59 Å². The van der Waals surface area contributed by atoms with Crippen molar-refractivity contribution in [3.05, 3.63) is 76.9 Å². The quantitative estimate of drug-likeness (QED) is 0.0637. The van der Waals surface area contributed by atoms with Gasteiger partial charge in [0.05, 0.1) is 29.3 Å². The predicted molar refractivity (Wildman–Crippen MR) is 165 cm³/mol. The second kappa shape index (κ2) is 12.1. The van der Waals surface area contributed by atoms with E-state index in [0.717, 1.165) is 66.7 Å². The number of nitrogens with two attached hydrogens (primary N) is 2. The summed E-state index contributed by atoms with van der Waals surface area (Å²) in [6, 6.07) is 11.0. The Morgan fingerprint density at radius 1 is 1.29 bits per heavy atom. The molecule has 2 heterocycles. The smallest absolute Gasteiger partial charge is 0.164 e. The molecule has 1 saturated carbocycles. The van der Waals surface area contributed by atoms with Crippen LogP contribution in [0.25, 0.3) is 16.8 Å². The number of hydrogen-bond donors (Lipinski definition) is 4. The molecule has 2 aromatic carbocycles. The first-order chi connectivity index (χ1) is 20.3. The van der Waals surface area contributed by atoms with Gasteiger partial charge in [0.2, 0.25) is 0 Å². The summed E-state index contributed by atoms with van der Waals surface area (Å²) in [5.74, 6) is 12.9. The summed E-state index contributed by atoms with van der Waals surface area (Å²) in [6.45, 7) is 0. The average Bonchev–Trinajstić information content (AvgIpc) is 3.42. The number of nitrogens with one attached hydrogen (secondary N) is 2. The topological polar surface area (TPSA) is 155 Å². The van der Waals surface area contributed by atoms with E-state index in [0.29, 0.717) is 27.6 Å². The zero-order valence-corrected chi connectivity index (χ0v) is 24.1. The lowest BCUT2D eigenvalue weighted by atomic mass is 10.0. The van der Waals surface area contributed by atoms with E-state index in [1.165, 1.54) is 17.4 Å². The molecule has 11 nitrogen and oxygen atoms in total. The zero-order valence-electron chi connectivity index (χ0n) is 23.4. The molecule has 0 radical (unpaired) electrons. The van der Waals surface area contributed by atoms with E-state index in [2.05, 4.69) is 20.3 Å². The number of anilines is 2. The van der Waals surface area contributed by atoms with Crippen LogP contribution in [0.5, 0.6) is 5.75 Å². The standard InChI is InChI=1S/C30H33ClN8O3/c1-34-24-6-3-20(14-28(24)42-30(17-41)10-11-30)25-16-35-29(37-25)27-8-5-22(38(27)2)13-19(9-12-40)23-15-21(31)4-7-26(23)39(33)18-36-32/h3-4,6-7,9,12-18,27,34H,5,8,10-11,32-33H2,1-2H3,(H,35,37)/b19-9+,22-13-,36-18-. The number of halogens is 1. The van der Waals surface area contributed by atoms with E-state index in [1.54, 1.807) is 24.4 Å². The summed E-state index contributed by atoms with van der Waals surface area (Å²) >= 11 is 6.31. The van der Waals surface area contributed by atoms with Crippen molar-refractivity contribution >= 4 is 47.5 Å². The number of rotatable bonds is 11. The third-order valence-electron chi connectivity index (χ3n) is 7.65. The van der Waals surface area contributed by atoms with Gasteiger partial charge in [0, 0.05) is 35.9 Å². The molecular weight excluding hydrogens is 556 g/mol. The highest BCUT2D eigenvalue weighted by Crippen LogP contribution is 2.43. The van der Waals surface area contributed by atoms with Crippen molar-refractivity contribution in [2.75, 3.05) is 24.4 Å². The molecule has 218 valence electrons. The third-order valence-corrected chi connectivity index (χ3v) is 7.88. The lowest BCUT2D eigenvalue weighted by Gasteiger charge is -2.22. The molecule has 0 amide bonds. The number of imidazole rings is 1. The van der Waals surface area contributed by atoms with Crippen molar-refractivity contribution in [2.45, 2.75) is 37.3 Å². The first-order valence-electron chi connectivity index (χ1n) is 13.5. The number of aldehydes is 2. The molecule has 42 heavy (non-hydrogen) atoms. The Bertz CT molecular complexity index is 1580. The second-order valence-electron chi connectivity index (χ2n) is 10.3. The van der Waals surface area contributed by atoms with Gasteiger partial charge in [0.25, 0.3) is 0 Å². The molecule has 1 atom stereocenters. The second-order valence-corrected chi connectivity index (χ2v) is 10.8. The van der Waals surface area contributed by atoms with Crippen LogP contribution in [-0.2, 0) is 9.59 Å². The molecule has 0 bridgehead atoms. The highest BCUT2D eigenvalue weighted by atomic mass is 35.5. The van der Waals surface area contributed by atoms with Crippen LogP contribution in [-0.4, -0.2) is 53.5 Å². The molecular formula is C30H33ClN8O3. The van der Waals surface area contributed by atoms with Gasteiger partial charge in [-0.2, -0.15) is 5.10 Å². The van der Waals surface area contributed by atoms with Crippen LogP contribution in [0.3, 0.4) is 0 Å². The maximum absolute atomic E-state index is 11.6. The molecule has 2 fully saturated rings.